The number of benzene rings is 1. The molecule has 2 aromatic heterocycles. The van der Waals surface area contributed by atoms with Crippen molar-refractivity contribution in [1.82, 2.24) is 14.8 Å². The lowest BCUT2D eigenvalue weighted by molar-refractivity contribution is 0.774. The summed E-state index contributed by atoms with van der Waals surface area (Å²) < 4.78 is 2.90. The van der Waals surface area contributed by atoms with Gasteiger partial charge in [-0.15, -0.1) is 0 Å². The quantitative estimate of drug-likeness (QED) is 0.797. The predicted molar refractivity (Wildman–Crippen MR) is 84.7 cm³/mol. The highest BCUT2D eigenvalue weighted by atomic mass is 79.9. The molecular formula is C15H15BrN4. The Labute approximate surface area is 126 Å². The molecule has 0 atom stereocenters. The summed E-state index contributed by atoms with van der Waals surface area (Å²) in [7, 11) is 1.91. The number of hydrogen-bond donors (Lipinski definition) is 1. The van der Waals surface area contributed by atoms with Crippen LogP contribution in [0, 0.1) is 6.92 Å². The van der Waals surface area contributed by atoms with Gasteiger partial charge in [0.15, 0.2) is 5.65 Å². The van der Waals surface area contributed by atoms with Gasteiger partial charge in [-0.2, -0.15) is 5.10 Å². The Kier molecular flexibility index (Phi) is 3.44. The first-order valence-electron chi connectivity index (χ1n) is 6.41. The molecule has 0 radical (unpaired) electrons. The van der Waals surface area contributed by atoms with Crippen LogP contribution >= 0.6 is 15.9 Å². The van der Waals surface area contributed by atoms with Gasteiger partial charge >= 0.3 is 0 Å². The standard InChI is InChI=1S/C15H15BrN4/c1-10-14-7-13(9-18-15(14)20(2)19-10)17-8-11-3-5-12(16)6-4-11/h3-7,9,17H,8H2,1-2H3. The fourth-order valence-corrected chi connectivity index (χ4v) is 2.48. The minimum Gasteiger partial charge on any atom is -0.380 e. The van der Waals surface area contributed by atoms with E-state index in [0.717, 1.165) is 33.4 Å². The average molecular weight is 331 g/mol. The summed E-state index contributed by atoms with van der Waals surface area (Å²) in [6.45, 7) is 2.78. The summed E-state index contributed by atoms with van der Waals surface area (Å²) in [6, 6.07) is 10.4. The Morgan fingerprint density at radius 1 is 1.25 bits per heavy atom. The van der Waals surface area contributed by atoms with Crippen LogP contribution in [0.4, 0.5) is 5.69 Å². The van der Waals surface area contributed by atoms with E-state index < -0.39 is 0 Å². The van der Waals surface area contributed by atoms with Crippen molar-refractivity contribution >= 4 is 32.7 Å². The number of aromatic nitrogens is 3. The third-order valence-corrected chi connectivity index (χ3v) is 3.80. The molecule has 2 heterocycles. The highest BCUT2D eigenvalue weighted by Crippen LogP contribution is 2.20. The summed E-state index contributed by atoms with van der Waals surface area (Å²) >= 11 is 3.44. The third kappa shape index (κ3) is 2.54. The highest BCUT2D eigenvalue weighted by Gasteiger charge is 2.06. The van der Waals surface area contributed by atoms with Crippen molar-refractivity contribution in [2.24, 2.45) is 7.05 Å². The molecule has 0 unspecified atom stereocenters. The molecule has 0 saturated heterocycles. The van der Waals surface area contributed by atoms with Gasteiger partial charge < -0.3 is 5.32 Å². The Hall–Kier alpha value is -1.88. The summed E-state index contributed by atoms with van der Waals surface area (Å²) in [5.74, 6) is 0. The number of anilines is 1. The predicted octanol–water partition coefficient (Wildman–Crippen LogP) is 3.65. The Morgan fingerprint density at radius 2 is 2.00 bits per heavy atom. The molecule has 20 heavy (non-hydrogen) atoms. The van der Waals surface area contributed by atoms with Crippen LogP contribution in [0.2, 0.25) is 0 Å². The lowest BCUT2D eigenvalue weighted by atomic mass is 10.2. The molecule has 1 N–H and O–H groups in total. The smallest absolute Gasteiger partial charge is 0.157 e. The van der Waals surface area contributed by atoms with Crippen LogP contribution in [0.3, 0.4) is 0 Å². The largest absolute Gasteiger partial charge is 0.380 e. The zero-order chi connectivity index (χ0) is 14.1. The van der Waals surface area contributed by atoms with E-state index in [0.29, 0.717) is 0 Å². The number of rotatable bonds is 3. The first kappa shape index (κ1) is 13.1. The Balaban J connectivity index is 1.80. The second-order valence-electron chi connectivity index (χ2n) is 4.78. The van der Waals surface area contributed by atoms with Crippen LogP contribution in [0.25, 0.3) is 11.0 Å². The molecule has 4 nitrogen and oxygen atoms in total. The summed E-state index contributed by atoms with van der Waals surface area (Å²) in [5.41, 5.74) is 4.16. The second kappa shape index (κ2) is 5.25. The zero-order valence-electron chi connectivity index (χ0n) is 11.4. The van der Waals surface area contributed by atoms with Gasteiger partial charge in [-0.25, -0.2) is 4.98 Å². The fraction of sp³-hybridized carbons (Fsp3) is 0.200. The molecule has 0 aliphatic rings. The normalized spacial score (nSPS) is 10.9. The molecule has 1 aromatic carbocycles. The van der Waals surface area contributed by atoms with Crippen LogP contribution in [0.5, 0.6) is 0 Å². The van der Waals surface area contributed by atoms with Crippen LogP contribution in [-0.2, 0) is 13.6 Å². The molecule has 0 bridgehead atoms. The molecule has 5 heteroatoms. The van der Waals surface area contributed by atoms with Crippen molar-refractivity contribution in [3.63, 3.8) is 0 Å². The molecule has 0 fully saturated rings. The summed E-state index contributed by atoms with van der Waals surface area (Å²) in [6.07, 6.45) is 1.85. The van der Waals surface area contributed by atoms with Gasteiger partial charge in [0.05, 0.1) is 17.6 Å². The van der Waals surface area contributed by atoms with E-state index >= 15 is 0 Å². The molecule has 3 aromatic rings. The molecule has 102 valence electrons. The van der Waals surface area contributed by atoms with Crippen molar-refractivity contribution in [1.29, 1.82) is 0 Å². The maximum Gasteiger partial charge on any atom is 0.157 e. The van der Waals surface area contributed by atoms with Gasteiger partial charge in [-0.1, -0.05) is 28.1 Å². The summed E-state index contributed by atoms with van der Waals surface area (Å²) in [4.78, 5) is 4.46. The molecule has 0 aliphatic carbocycles. The molecule has 0 spiro atoms. The molecule has 0 aliphatic heterocycles. The van der Waals surface area contributed by atoms with Gasteiger partial charge in [0, 0.05) is 23.5 Å². The molecule has 3 rings (SSSR count). The SMILES string of the molecule is Cc1nn(C)c2ncc(NCc3ccc(Br)cc3)cc12. The minimum absolute atomic E-state index is 0.778. The molecular weight excluding hydrogens is 316 g/mol. The van der Waals surface area contributed by atoms with Gasteiger partial charge in [-0.05, 0) is 30.7 Å². The van der Waals surface area contributed by atoms with Gasteiger partial charge in [-0.3, -0.25) is 4.68 Å². The van der Waals surface area contributed by atoms with Crippen LogP contribution in [0.15, 0.2) is 41.0 Å². The second-order valence-corrected chi connectivity index (χ2v) is 5.70. The van der Waals surface area contributed by atoms with Crippen molar-refractivity contribution in [3.8, 4) is 0 Å². The first-order chi connectivity index (χ1) is 9.63. The fourth-order valence-electron chi connectivity index (χ4n) is 2.21. The third-order valence-electron chi connectivity index (χ3n) is 3.27. The Bertz CT molecular complexity index is 746. The Morgan fingerprint density at radius 3 is 2.75 bits per heavy atom. The van der Waals surface area contributed by atoms with Crippen LogP contribution in [-0.4, -0.2) is 14.8 Å². The van der Waals surface area contributed by atoms with Gasteiger partial charge in [0.2, 0.25) is 0 Å². The molecule has 0 saturated carbocycles. The van der Waals surface area contributed by atoms with Crippen molar-refractivity contribution in [2.75, 3.05) is 5.32 Å². The minimum atomic E-state index is 0.778. The number of nitrogens with zero attached hydrogens (tertiary/aromatic N) is 3. The van der Waals surface area contributed by atoms with Crippen LogP contribution < -0.4 is 5.32 Å². The first-order valence-corrected chi connectivity index (χ1v) is 7.20. The monoisotopic (exact) mass is 330 g/mol. The maximum atomic E-state index is 4.46. The van der Waals surface area contributed by atoms with Crippen molar-refractivity contribution in [2.45, 2.75) is 13.5 Å². The summed E-state index contributed by atoms with van der Waals surface area (Å²) in [5, 5.41) is 8.87. The number of fused-ring (bicyclic) bond motifs is 1. The van der Waals surface area contributed by atoms with E-state index in [4.69, 9.17) is 0 Å². The van der Waals surface area contributed by atoms with E-state index in [1.165, 1.54) is 5.56 Å². The van der Waals surface area contributed by atoms with Crippen molar-refractivity contribution in [3.05, 3.63) is 52.3 Å². The van der Waals surface area contributed by atoms with E-state index in [9.17, 15) is 0 Å². The van der Waals surface area contributed by atoms with E-state index in [-0.39, 0.29) is 0 Å². The molecule has 0 amide bonds. The number of halogens is 1. The maximum absolute atomic E-state index is 4.46. The average Bonchev–Trinajstić information content (AvgIpc) is 2.73. The van der Waals surface area contributed by atoms with Crippen LogP contribution in [0.1, 0.15) is 11.3 Å². The van der Waals surface area contributed by atoms with Gasteiger partial charge in [0.25, 0.3) is 0 Å². The van der Waals surface area contributed by atoms with E-state index in [1.54, 1.807) is 0 Å². The number of aryl methyl sites for hydroxylation is 2. The lowest BCUT2D eigenvalue weighted by Gasteiger charge is -2.06. The van der Waals surface area contributed by atoms with E-state index in [2.05, 4.69) is 49.5 Å². The topological polar surface area (TPSA) is 42.7 Å². The number of pyridine rings is 1. The highest BCUT2D eigenvalue weighted by molar-refractivity contribution is 9.10. The van der Waals surface area contributed by atoms with Gasteiger partial charge in [0.1, 0.15) is 0 Å². The lowest BCUT2D eigenvalue weighted by Crippen LogP contribution is -2.00. The number of hydrogen-bond acceptors (Lipinski definition) is 3. The zero-order valence-corrected chi connectivity index (χ0v) is 13.0. The number of nitrogens with one attached hydrogen (secondary N) is 1. The van der Waals surface area contributed by atoms with E-state index in [1.807, 2.05) is 37.0 Å². The van der Waals surface area contributed by atoms with Crippen molar-refractivity contribution < 1.29 is 0 Å².